The summed E-state index contributed by atoms with van der Waals surface area (Å²) < 4.78 is 11.8. The average molecular weight is 365 g/mol. The summed E-state index contributed by atoms with van der Waals surface area (Å²) in [5, 5.41) is 6.84. The molecular formula is C18H15N5O4. The molecule has 9 heteroatoms. The number of hydrogen-bond acceptors (Lipinski definition) is 7. The average Bonchev–Trinajstić information content (AvgIpc) is 3.22. The summed E-state index contributed by atoms with van der Waals surface area (Å²) in [6, 6.07) is 7.05. The third kappa shape index (κ3) is 2.78. The fraction of sp³-hybridized carbons (Fsp3) is 0.167. The van der Waals surface area contributed by atoms with Crippen molar-refractivity contribution in [3.63, 3.8) is 0 Å². The van der Waals surface area contributed by atoms with Gasteiger partial charge in [-0.15, -0.1) is 0 Å². The van der Waals surface area contributed by atoms with Crippen molar-refractivity contribution in [3.8, 4) is 11.4 Å². The van der Waals surface area contributed by atoms with Crippen LogP contribution in [0.3, 0.4) is 0 Å². The molecule has 0 saturated carbocycles. The maximum atomic E-state index is 13.0. The molecule has 0 fully saturated rings. The maximum absolute atomic E-state index is 13.0. The highest BCUT2D eigenvalue weighted by molar-refractivity contribution is 6.13. The highest BCUT2D eigenvalue weighted by atomic mass is 16.5. The number of amides is 1. The first-order valence-electron chi connectivity index (χ1n) is 8.11. The first-order chi connectivity index (χ1) is 13.0. The van der Waals surface area contributed by atoms with Crippen LogP contribution in [0.25, 0.3) is 22.5 Å². The highest BCUT2D eigenvalue weighted by Gasteiger charge is 2.23. The van der Waals surface area contributed by atoms with Gasteiger partial charge in [0.15, 0.2) is 0 Å². The summed E-state index contributed by atoms with van der Waals surface area (Å²) in [6.45, 7) is 3.30. The van der Waals surface area contributed by atoms with Gasteiger partial charge in [-0.3, -0.25) is 9.59 Å². The molecule has 1 aromatic carbocycles. The van der Waals surface area contributed by atoms with Gasteiger partial charge < -0.3 is 18.8 Å². The quantitative estimate of drug-likeness (QED) is 0.593. The van der Waals surface area contributed by atoms with Gasteiger partial charge in [0.05, 0.1) is 11.3 Å². The van der Waals surface area contributed by atoms with Crippen molar-refractivity contribution in [3.05, 3.63) is 58.2 Å². The number of benzene rings is 1. The second-order valence-electron chi connectivity index (χ2n) is 6.01. The Hall–Kier alpha value is -3.75. The Bertz CT molecular complexity index is 1230. The van der Waals surface area contributed by atoms with E-state index in [1.54, 1.807) is 45.2 Å². The van der Waals surface area contributed by atoms with E-state index in [4.69, 9.17) is 8.94 Å². The minimum absolute atomic E-state index is 0.128. The van der Waals surface area contributed by atoms with Gasteiger partial charge in [0.2, 0.25) is 17.4 Å². The van der Waals surface area contributed by atoms with E-state index in [2.05, 4.69) is 20.4 Å². The van der Waals surface area contributed by atoms with Crippen LogP contribution < -0.4 is 10.9 Å². The monoisotopic (exact) mass is 365 g/mol. The van der Waals surface area contributed by atoms with Gasteiger partial charge >= 0.3 is 0 Å². The Morgan fingerprint density at radius 2 is 2.00 bits per heavy atom. The van der Waals surface area contributed by atoms with Crippen LogP contribution in [0.4, 0.5) is 5.69 Å². The van der Waals surface area contributed by atoms with Crippen LogP contribution in [-0.4, -0.2) is 25.6 Å². The van der Waals surface area contributed by atoms with Crippen molar-refractivity contribution in [2.24, 2.45) is 7.05 Å². The molecule has 4 rings (SSSR count). The predicted octanol–water partition coefficient (Wildman–Crippen LogP) is 2.45. The number of aromatic nitrogens is 4. The van der Waals surface area contributed by atoms with Gasteiger partial charge in [-0.1, -0.05) is 17.3 Å². The minimum Gasteiger partial charge on any atom is -0.442 e. The molecule has 0 aliphatic heterocycles. The Morgan fingerprint density at radius 1 is 1.22 bits per heavy atom. The largest absolute Gasteiger partial charge is 0.442 e. The van der Waals surface area contributed by atoms with Crippen LogP contribution in [0.15, 0.2) is 44.3 Å². The number of hydrogen-bond donors (Lipinski definition) is 1. The predicted molar refractivity (Wildman–Crippen MR) is 96.4 cm³/mol. The minimum atomic E-state index is -0.482. The standard InChI is InChI=1S/C18H15N5O4/c1-9-13(14-17(26-9)19-8-23(3)18(14)25)16(24)21-12-7-5-4-6-11(12)15-20-10(2)27-22-15/h4-8H,1-3H3,(H,21,24). The zero-order valence-corrected chi connectivity index (χ0v) is 14.8. The molecule has 3 aromatic heterocycles. The fourth-order valence-electron chi connectivity index (χ4n) is 2.84. The number of furan rings is 1. The molecule has 27 heavy (non-hydrogen) atoms. The normalized spacial score (nSPS) is 11.1. The lowest BCUT2D eigenvalue weighted by Crippen LogP contribution is -2.20. The van der Waals surface area contributed by atoms with Gasteiger partial charge in [0.25, 0.3) is 11.5 Å². The maximum Gasteiger partial charge on any atom is 0.265 e. The Balaban J connectivity index is 1.79. The molecule has 4 aromatic rings. The van der Waals surface area contributed by atoms with Crippen molar-refractivity contribution in [2.45, 2.75) is 13.8 Å². The van der Waals surface area contributed by atoms with Crippen molar-refractivity contribution in [1.29, 1.82) is 0 Å². The number of nitrogens with one attached hydrogen (secondary N) is 1. The topological polar surface area (TPSA) is 116 Å². The molecular weight excluding hydrogens is 350 g/mol. The van der Waals surface area contributed by atoms with E-state index >= 15 is 0 Å². The molecule has 0 unspecified atom stereocenters. The molecule has 9 nitrogen and oxygen atoms in total. The molecule has 0 radical (unpaired) electrons. The summed E-state index contributed by atoms with van der Waals surface area (Å²) >= 11 is 0. The summed E-state index contributed by atoms with van der Waals surface area (Å²) in [4.78, 5) is 33.7. The Kier molecular flexibility index (Phi) is 3.84. The molecule has 1 N–H and O–H groups in total. The lowest BCUT2D eigenvalue weighted by molar-refractivity contribution is 0.102. The number of rotatable bonds is 3. The zero-order valence-electron chi connectivity index (χ0n) is 14.8. The number of anilines is 1. The van der Waals surface area contributed by atoms with E-state index in [1.165, 1.54) is 10.9 Å². The molecule has 3 heterocycles. The summed E-state index contributed by atoms with van der Waals surface area (Å²) in [5.74, 6) is 0.599. The smallest absolute Gasteiger partial charge is 0.265 e. The fourth-order valence-corrected chi connectivity index (χ4v) is 2.84. The first-order valence-corrected chi connectivity index (χ1v) is 8.11. The number of fused-ring (bicyclic) bond motifs is 1. The van der Waals surface area contributed by atoms with E-state index in [-0.39, 0.29) is 22.2 Å². The van der Waals surface area contributed by atoms with E-state index in [1.807, 2.05) is 0 Å². The number of carbonyl (C=O) groups is 1. The van der Waals surface area contributed by atoms with Gasteiger partial charge in [-0.2, -0.15) is 4.98 Å². The van der Waals surface area contributed by atoms with Crippen LogP contribution in [0.1, 0.15) is 22.0 Å². The van der Waals surface area contributed by atoms with E-state index in [0.29, 0.717) is 28.7 Å². The third-order valence-electron chi connectivity index (χ3n) is 4.12. The van der Waals surface area contributed by atoms with Crippen molar-refractivity contribution in [2.75, 3.05) is 5.32 Å². The molecule has 0 atom stereocenters. The number of para-hydroxylation sites is 1. The van der Waals surface area contributed by atoms with Crippen molar-refractivity contribution in [1.82, 2.24) is 19.7 Å². The van der Waals surface area contributed by atoms with E-state index in [0.717, 1.165) is 0 Å². The molecule has 136 valence electrons. The second kappa shape index (κ2) is 6.20. The lowest BCUT2D eigenvalue weighted by Gasteiger charge is -2.08. The van der Waals surface area contributed by atoms with E-state index < -0.39 is 5.91 Å². The molecule has 0 saturated heterocycles. The molecule has 0 aliphatic carbocycles. The summed E-state index contributed by atoms with van der Waals surface area (Å²) in [5.41, 5.74) is 1.00. The molecule has 0 bridgehead atoms. The number of carbonyl (C=O) groups excluding carboxylic acids is 1. The second-order valence-corrected chi connectivity index (χ2v) is 6.01. The Morgan fingerprint density at radius 3 is 2.74 bits per heavy atom. The van der Waals surface area contributed by atoms with Gasteiger partial charge in [-0.25, -0.2) is 4.98 Å². The SMILES string of the molecule is Cc1nc(-c2ccccc2NC(=O)c2c(C)oc3ncn(C)c(=O)c23)no1. The third-order valence-corrected chi connectivity index (χ3v) is 4.12. The summed E-state index contributed by atoms with van der Waals surface area (Å²) in [6.07, 6.45) is 1.35. The zero-order chi connectivity index (χ0) is 19.1. The Labute approximate surface area is 152 Å². The van der Waals surface area contributed by atoms with Crippen LogP contribution in [-0.2, 0) is 7.05 Å². The summed E-state index contributed by atoms with van der Waals surface area (Å²) in [7, 11) is 1.56. The molecule has 0 spiro atoms. The van der Waals surface area contributed by atoms with Gasteiger partial charge in [0, 0.05) is 19.5 Å². The molecule has 0 aliphatic rings. The highest BCUT2D eigenvalue weighted by Crippen LogP contribution is 2.27. The van der Waals surface area contributed by atoms with Crippen LogP contribution in [0.2, 0.25) is 0 Å². The van der Waals surface area contributed by atoms with Crippen molar-refractivity contribution < 1.29 is 13.7 Å². The first kappa shape index (κ1) is 16.7. The van der Waals surface area contributed by atoms with Crippen LogP contribution in [0.5, 0.6) is 0 Å². The van der Waals surface area contributed by atoms with Gasteiger partial charge in [0.1, 0.15) is 17.5 Å². The number of aryl methyl sites for hydroxylation is 3. The van der Waals surface area contributed by atoms with Crippen LogP contribution in [0, 0.1) is 13.8 Å². The lowest BCUT2D eigenvalue weighted by atomic mass is 10.1. The van der Waals surface area contributed by atoms with Crippen LogP contribution >= 0.6 is 0 Å². The number of nitrogens with zero attached hydrogens (tertiary/aromatic N) is 4. The van der Waals surface area contributed by atoms with E-state index in [9.17, 15) is 9.59 Å². The van der Waals surface area contributed by atoms with Gasteiger partial charge in [-0.05, 0) is 19.1 Å². The van der Waals surface area contributed by atoms with Crippen molar-refractivity contribution >= 4 is 22.7 Å². The molecule has 1 amide bonds.